The van der Waals surface area contributed by atoms with Crippen LogP contribution >= 0.6 is 11.6 Å². The van der Waals surface area contributed by atoms with Crippen LogP contribution in [-0.2, 0) is 0 Å². The minimum Gasteiger partial charge on any atom is -0.493 e. The van der Waals surface area contributed by atoms with Crippen molar-refractivity contribution in [3.05, 3.63) is 64.4 Å². The molecule has 114 valence electrons. The Morgan fingerprint density at radius 2 is 1.91 bits per heavy atom. The zero-order valence-corrected chi connectivity index (χ0v) is 12.9. The highest BCUT2D eigenvalue weighted by Gasteiger charge is 2.11. The Kier molecular flexibility index (Phi) is 5.17. The molecule has 0 unspecified atom stereocenters. The number of carbonyl (C=O) groups excluding carboxylic acids is 1. The molecule has 2 aromatic carbocycles. The van der Waals surface area contributed by atoms with E-state index in [0.29, 0.717) is 22.1 Å². The van der Waals surface area contributed by atoms with Crippen molar-refractivity contribution in [2.24, 2.45) is 0 Å². The molecule has 5 heteroatoms. The van der Waals surface area contributed by atoms with Gasteiger partial charge in [0.1, 0.15) is 5.82 Å². The Bertz CT molecular complexity index is 726. The van der Waals surface area contributed by atoms with Crippen molar-refractivity contribution in [2.45, 2.75) is 0 Å². The summed E-state index contributed by atoms with van der Waals surface area (Å²) in [5.74, 6) is -0.110. The van der Waals surface area contributed by atoms with Gasteiger partial charge in [0.05, 0.1) is 24.8 Å². The van der Waals surface area contributed by atoms with Gasteiger partial charge < -0.3 is 9.47 Å². The lowest BCUT2D eigenvalue weighted by molar-refractivity contribution is 0.104. The molecule has 0 atom stereocenters. The maximum absolute atomic E-state index is 13.5. The Labute approximate surface area is 132 Å². The maximum atomic E-state index is 13.5. The standard InChI is InChI=1S/C17H14ClFO3/c1-21-16-10-11(9-13(18)17(16)22-2)7-8-15(20)12-5-3-4-6-14(12)19/h3-10H,1-2H3. The monoisotopic (exact) mass is 320 g/mol. The van der Waals surface area contributed by atoms with Gasteiger partial charge in [-0.05, 0) is 35.9 Å². The summed E-state index contributed by atoms with van der Waals surface area (Å²) in [7, 11) is 2.98. The lowest BCUT2D eigenvalue weighted by Crippen LogP contribution is -1.98. The largest absolute Gasteiger partial charge is 0.493 e. The summed E-state index contributed by atoms with van der Waals surface area (Å²) in [5, 5.41) is 0.361. The fourth-order valence-electron chi connectivity index (χ4n) is 1.96. The predicted octanol–water partition coefficient (Wildman–Crippen LogP) is 4.39. The molecule has 0 aromatic heterocycles. The van der Waals surface area contributed by atoms with Gasteiger partial charge >= 0.3 is 0 Å². The molecule has 0 amide bonds. The molecule has 0 aliphatic rings. The van der Waals surface area contributed by atoms with Crippen LogP contribution < -0.4 is 9.47 Å². The number of ether oxygens (including phenoxy) is 2. The van der Waals surface area contributed by atoms with Gasteiger partial charge in [-0.2, -0.15) is 0 Å². The molecular formula is C17H14ClFO3. The zero-order chi connectivity index (χ0) is 16.1. The number of hydrogen-bond donors (Lipinski definition) is 0. The number of rotatable bonds is 5. The number of allylic oxidation sites excluding steroid dienone is 1. The average molecular weight is 321 g/mol. The van der Waals surface area contributed by atoms with E-state index in [4.69, 9.17) is 21.1 Å². The van der Waals surface area contributed by atoms with Crippen LogP contribution in [0.15, 0.2) is 42.5 Å². The van der Waals surface area contributed by atoms with Crippen molar-refractivity contribution in [3.8, 4) is 11.5 Å². The molecular weight excluding hydrogens is 307 g/mol. The highest BCUT2D eigenvalue weighted by Crippen LogP contribution is 2.36. The van der Waals surface area contributed by atoms with Gasteiger partial charge in [-0.15, -0.1) is 0 Å². The van der Waals surface area contributed by atoms with E-state index in [1.54, 1.807) is 24.3 Å². The molecule has 2 rings (SSSR count). The van der Waals surface area contributed by atoms with Crippen molar-refractivity contribution in [2.75, 3.05) is 14.2 Å². The van der Waals surface area contributed by atoms with Crippen LogP contribution in [0, 0.1) is 5.82 Å². The third kappa shape index (κ3) is 3.46. The Morgan fingerprint density at radius 3 is 2.55 bits per heavy atom. The van der Waals surface area contributed by atoms with E-state index in [2.05, 4.69) is 0 Å². The lowest BCUT2D eigenvalue weighted by atomic mass is 10.1. The summed E-state index contributed by atoms with van der Waals surface area (Å²) < 4.78 is 23.9. The van der Waals surface area contributed by atoms with E-state index in [1.165, 1.54) is 38.5 Å². The molecule has 0 heterocycles. The average Bonchev–Trinajstić information content (AvgIpc) is 2.52. The minimum absolute atomic E-state index is 0.0188. The van der Waals surface area contributed by atoms with Crippen molar-refractivity contribution in [1.29, 1.82) is 0 Å². The highest BCUT2D eigenvalue weighted by atomic mass is 35.5. The first-order valence-corrected chi connectivity index (χ1v) is 6.83. The minimum atomic E-state index is -0.553. The van der Waals surface area contributed by atoms with Crippen molar-refractivity contribution < 1.29 is 18.7 Å². The molecule has 0 radical (unpaired) electrons. The van der Waals surface area contributed by atoms with E-state index in [-0.39, 0.29) is 5.56 Å². The van der Waals surface area contributed by atoms with Crippen LogP contribution in [0.4, 0.5) is 4.39 Å². The lowest BCUT2D eigenvalue weighted by Gasteiger charge is -2.10. The van der Waals surface area contributed by atoms with Gasteiger partial charge in [-0.3, -0.25) is 4.79 Å². The summed E-state index contributed by atoms with van der Waals surface area (Å²) in [6, 6.07) is 9.13. The smallest absolute Gasteiger partial charge is 0.188 e. The number of methoxy groups -OCH3 is 2. The molecule has 0 fully saturated rings. The van der Waals surface area contributed by atoms with Crippen LogP contribution in [-0.4, -0.2) is 20.0 Å². The number of hydrogen-bond acceptors (Lipinski definition) is 3. The second-order valence-electron chi connectivity index (χ2n) is 4.42. The Balaban J connectivity index is 2.29. The zero-order valence-electron chi connectivity index (χ0n) is 12.1. The number of ketones is 1. The maximum Gasteiger partial charge on any atom is 0.188 e. The van der Waals surface area contributed by atoms with E-state index in [9.17, 15) is 9.18 Å². The number of carbonyl (C=O) groups is 1. The van der Waals surface area contributed by atoms with E-state index < -0.39 is 11.6 Å². The van der Waals surface area contributed by atoms with Crippen molar-refractivity contribution >= 4 is 23.5 Å². The molecule has 0 bridgehead atoms. The summed E-state index contributed by atoms with van der Waals surface area (Å²) in [6.07, 6.45) is 2.83. The van der Waals surface area contributed by atoms with Crippen molar-refractivity contribution in [1.82, 2.24) is 0 Å². The van der Waals surface area contributed by atoms with E-state index in [0.717, 1.165) is 0 Å². The van der Waals surface area contributed by atoms with Gasteiger partial charge in [0.15, 0.2) is 17.3 Å². The Morgan fingerprint density at radius 1 is 1.18 bits per heavy atom. The predicted molar refractivity (Wildman–Crippen MR) is 84.3 cm³/mol. The van der Waals surface area contributed by atoms with Crippen LogP contribution in [0.2, 0.25) is 5.02 Å². The molecule has 0 saturated carbocycles. The second kappa shape index (κ2) is 7.09. The molecule has 2 aromatic rings. The third-order valence-corrected chi connectivity index (χ3v) is 3.30. The molecule has 0 spiro atoms. The summed E-state index contributed by atoms with van der Waals surface area (Å²) in [6.45, 7) is 0. The third-order valence-electron chi connectivity index (χ3n) is 3.02. The first-order valence-electron chi connectivity index (χ1n) is 6.45. The van der Waals surface area contributed by atoms with Crippen LogP contribution in [0.3, 0.4) is 0 Å². The molecule has 0 aliphatic carbocycles. The summed E-state index contributed by atoms with van der Waals surface area (Å²) in [5.41, 5.74) is 0.665. The van der Waals surface area contributed by atoms with E-state index >= 15 is 0 Å². The van der Waals surface area contributed by atoms with Gasteiger partial charge in [-0.1, -0.05) is 29.8 Å². The molecule has 22 heavy (non-hydrogen) atoms. The highest BCUT2D eigenvalue weighted by molar-refractivity contribution is 6.32. The normalized spacial score (nSPS) is 10.7. The number of halogens is 2. The molecule has 3 nitrogen and oxygen atoms in total. The van der Waals surface area contributed by atoms with Crippen LogP contribution in [0.25, 0.3) is 6.08 Å². The fraction of sp³-hybridized carbons (Fsp3) is 0.118. The van der Waals surface area contributed by atoms with Gasteiger partial charge in [0.2, 0.25) is 0 Å². The molecule has 0 saturated heterocycles. The second-order valence-corrected chi connectivity index (χ2v) is 4.82. The fourth-order valence-corrected chi connectivity index (χ4v) is 2.25. The topological polar surface area (TPSA) is 35.5 Å². The first-order chi connectivity index (χ1) is 10.6. The van der Waals surface area contributed by atoms with Crippen LogP contribution in [0.5, 0.6) is 11.5 Å². The molecule has 0 N–H and O–H groups in total. The summed E-state index contributed by atoms with van der Waals surface area (Å²) in [4.78, 5) is 12.0. The van der Waals surface area contributed by atoms with Crippen LogP contribution in [0.1, 0.15) is 15.9 Å². The van der Waals surface area contributed by atoms with Gasteiger partial charge in [0.25, 0.3) is 0 Å². The Hall–Kier alpha value is -2.33. The van der Waals surface area contributed by atoms with Crippen molar-refractivity contribution in [3.63, 3.8) is 0 Å². The molecule has 0 aliphatic heterocycles. The SMILES string of the molecule is COc1cc(C=CC(=O)c2ccccc2F)cc(Cl)c1OC. The number of benzene rings is 2. The summed E-state index contributed by atoms with van der Waals surface area (Å²) >= 11 is 6.09. The van der Waals surface area contributed by atoms with Gasteiger partial charge in [0, 0.05) is 0 Å². The van der Waals surface area contributed by atoms with Gasteiger partial charge in [-0.25, -0.2) is 4.39 Å². The quantitative estimate of drug-likeness (QED) is 0.605. The first kappa shape index (κ1) is 16.0. The van der Waals surface area contributed by atoms with E-state index in [1.807, 2.05) is 0 Å².